The topological polar surface area (TPSA) is 64.3 Å². The zero-order chi connectivity index (χ0) is 15.4. The summed E-state index contributed by atoms with van der Waals surface area (Å²) in [4.78, 5) is 12.0. The Bertz CT molecular complexity index is 517. The van der Waals surface area contributed by atoms with Gasteiger partial charge in [-0.05, 0) is 19.8 Å². The van der Waals surface area contributed by atoms with Crippen molar-refractivity contribution in [2.45, 2.75) is 51.2 Å². The van der Waals surface area contributed by atoms with Crippen molar-refractivity contribution in [1.29, 1.82) is 0 Å². The van der Waals surface area contributed by atoms with Gasteiger partial charge in [-0.25, -0.2) is 8.78 Å². The Balaban J connectivity index is 1.95. The van der Waals surface area contributed by atoms with E-state index in [1.54, 1.807) is 0 Å². The minimum atomic E-state index is -0.899. The Morgan fingerprint density at radius 3 is 2.62 bits per heavy atom. The Hall–Kier alpha value is -1.85. The Morgan fingerprint density at radius 2 is 1.95 bits per heavy atom. The quantitative estimate of drug-likeness (QED) is 0.840. The number of anilines is 1. The van der Waals surface area contributed by atoms with Crippen molar-refractivity contribution in [2.24, 2.45) is 0 Å². The zero-order valence-electron chi connectivity index (χ0n) is 12.0. The van der Waals surface area contributed by atoms with E-state index in [-0.39, 0.29) is 23.4 Å². The number of nitrogens with one attached hydrogen (secondary N) is 1. The summed E-state index contributed by atoms with van der Waals surface area (Å²) in [6.07, 6.45) is 4.38. The maximum atomic E-state index is 13.6. The zero-order valence-corrected chi connectivity index (χ0v) is 12.0. The van der Waals surface area contributed by atoms with Crippen LogP contribution in [-0.2, 0) is 4.79 Å². The maximum Gasteiger partial charge on any atom is 0.260 e. The molecule has 1 saturated carbocycles. The first-order valence-electron chi connectivity index (χ1n) is 7.19. The monoisotopic (exact) mass is 298 g/mol. The summed E-state index contributed by atoms with van der Waals surface area (Å²) in [7, 11) is 0. The molecule has 21 heavy (non-hydrogen) atoms. The molecule has 1 atom stereocenters. The number of rotatable bonds is 4. The van der Waals surface area contributed by atoms with Crippen LogP contribution in [-0.4, -0.2) is 18.1 Å². The van der Waals surface area contributed by atoms with Crippen molar-refractivity contribution in [3.63, 3.8) is 0 Å². The molecule has 0 aromatic heterocycles. The number of carbonyl (C=O) groups excluding carboxylic acids is 1. The first kappa shape index (κ1) is 15.5. The average molecular weight is 298 g/mol. The summed E-state index contributed by atoms with van der Waals surface area (Å²) in [6.45, 7) is 1.51. The lowest BCUT2D eigenvalue weighted by molar-refractivity contribution is -0.128. The lowest BCUT2D eigenvalue weighted by Crippen LogP contribution is -2.43. The third-order valence-corrected chi connectivity index (χ3v) is 3.68. The molecule has 0 aliphatic heterocycles. The highest BCUT2D eigenvalue weighted by molar-refractivity contribution is 5.81. The van der Waals surface area contributed by atoms with Crippen molar-refractivity contribution in [1.82, 2.24) is 5.32 Å². The molecule has 4 nitrogen and oxygen atoms in total. The molecular weight excluding hydrogens is 278 g/mol. The van der Waals surface area contributed by atoms with Gasteiger partial charge in [0.1, 0.15) is 5.82 Å². The lowest BCUT2D eigenvalue weighted by Gasteiger charge is -2.24. The molecule has 0 heterocycles. The summed E-state index contributed by atoms with van der Waals surface area (Å²) >= 11 is 0. The van der Waals surface area contributed by atoms with Crippen molar-refractivity contribution in [3.05, 3.63) is 23.8 Å². The third kappa shape index (κ3) is 4.06. The number of hydrogen-bond donors (Lipinski definition) is 2. The van der Waals surface area contributed by atoms with E-state index in [9.17, 15) is 13.6 Å². The smallest absolute Gasteiger partial charge is 0.260 e. The molecule has 0 bridgehead atoms. The van der Waals surface area contributed by atoms with Crippen molar-refractivity contribution >= 4 is 11.6 Å². The van der Waals surface area contributed by atoms with Crippen LogP contribution in [0.1, 0.15) is 39.0 Å². The minimum absolute atomic E-state index is 0.144. The van der Waals surface area contributed by atoms with Crippen molar-refractivity contribution in [2.75, 3.05) is 5.73 Å². The number of nitrogen functional groups attached to an aromatic ring is 1. The largest absolute Gasteiger partial charge is 0.478 e. The summed E-state index contributed by atoms with van der Waals surface area (Å²) < 4.78 is 32.1. The number of halogens is 2. The van der Waals surface area contributed by atoms with Gasteiger partial charge in [-0.3, -0.25) is 4.79 Å². The van der Waals surface area contributed by atoms with Gasteiger partial charge < -0.3 is 15.8 Å². The van der Waals surface area contributed by atoms with Gasteiger partial charge >= 0.3 is 0 Å². The van der Waals surface area contributed by atoms with Crippen molar-refractivity contribution in [3.8, 4) is 5.75 Å². The highest BCUT2D eigenvalue weighted by atomic mass is 19.1. The predicted octanol–water partition coefficient (Wildman–Crippen LogP) is 2.76. The molecule has 116 valence electrons. The van der Waals surface area contributed by atoms with E-state index in [1.807, 2.05) is 0 Å². The van der Waals surface area contributed by atoms with Gasteiger partial charge in [0.05, 0.1) is 5.69 Å². The number of nitrogens with two attached hydrogens (primary N) is 1. The van der Waals surface area contributed by atoms with Crippen LogP contribution in [0.5, 0.6) is 5.75 Å². The second-order valence-electron chi connectivity index (χ2n) is 5.41. The van der Waals surface area contributed by atoms with Gasteiger partial charge in [-0.15, -0.1) is 0 Å². The van der Waals surface area contributed by atoms with Crippen LogP contribution in [0.25, 0.3) is 0 Å². The van der Waals surface area contributed by atoms with E-state index < -0.39 is 17.7 Å². The fourth-order valence-electron chi connectivity index (χ4n) is 2.44. The Morgan fingerprint density at radius 1 is 1.29 bits per heavy atom. The van der Waals surface area contributed by atoms with Crippen LogP contribution in [0.3, 0.4) is 0 Å². The normalized spacial score (nSPS) is 17.3. The van der Waals surface area contributed by atoms with E-state index in [2.05, 4.69) is 5.32 Å². The van der Waals surface area contributed by atoms with E-state index >= 15 is 0 Å². The number of benzene rings is 1. The second kappa shape index (κ2) is 6.74. The second-order valence-corrected chi connectivity index (χ2v) is 5.41. The molecule has 1 aliphatic rings. The number of ether oxygens (including phenoxy) is 1. The average Bonchev–Trinajstić information content (AvgIpc) is 2.45. The van der Waals surface area contributed by atoms with Crippen LogP contribution >= 0.6 is 0 Å². The molecule has 0 saturated heterocycles. The molecule has 2 rings (SSSR count). The molecule has 1 unspecified atom stereocenters. The van der Waals surface area contributed by atoms with Crippen molar-refractivity contribution < 1.29 is 18.3 Å². The highest BCUT2D eigenvalue weighted by Gasteiger charge is 2.22. The SMILES string of the molecule is CC(Oc1cc(F)c(N)cc1F)C(=O)NC1CCCCC1. The van der Waals surface area contributed by atoms with E-state index in [0.717, 1.165) is 37.8 Å². The molecule has 1 aliphatic carbocycles. The van der Waals surface area contributed by atoms with Gasteiger partial charge in [0.2, 0.25) is 0 Å². The van der Waals surface area contributed by atoms with E-state index in [4.69, 9.17) is 10.5 Å². The number of amides is 1. The lowest BCUT2D eigenvalue weighted by atomic mass is 9.95. The summed E-state index contributed by atoms with van der Waals surface area (Å²) in [5.74, 6) is -2.19. The third-order valence-electron chi connectivity index (χ3n) is 3.68. The Labute approximate surface area is 122 Å². The van der Waals surface area contributed by atoms with Crippen LogP contribution in [0, 0.1) is 11.6 Å². The van der Waals surface area contributed by atoms with Gasteiger partial charge in [-0.1, -0.05) is 19.3 Å². The van der Waals surface area contributed by atoms with Crippen LogP contribution in [0.2, 0.25) is 0 Å². The molecular formula is C15H20F2N2O2. The number of hydrogen-bond acceptors (Lipinski definition) is 3. The summed E-state index contributed by atoms with van der Waals surface area (Å²) in [5.41, 5.74) is 4.96. The fraction of sp³-hybridized carbons (Fsp3) is 0.533. The van der Waals surface area contributed by atoms with Gasteiger partial charge in [0.25, 0.3) is 5.91 Å². The van der Waals surface area contributed by atoms with Gasteiger partial charge in [0, 0.05) is 18.2 Å². The Kier molecular flexibility index (Phi) is 4.98. The molecule has 1 aromatic rings. The molecule has 1 aromatic carbocycles. The van der Waals surface area contributed by atoms with Gasteiger partial charge in [0.15, 0.2) is 17.7 Å². The highest BCUT2D eigenvalue weighted by Crippen LogP contribution is 2.24. The number of carbonyl (C=O) groups is 1. The molecule has 1 amide bonds. The molecule has 3 N–H and O–H groups in total. The first-order chi connectivity index (χ1) is 9.97. The first-order valence-corrected chi connectivity index (χ1v) is 7.19. The molecule has 0 radical (unpaired) electrons. The standard InChI is InChI=1S/C15H20F2N2O2/c1-9(15(20)19-10-5-3-2-4-6-10)21-14-8-11(16)13(18)7-12(14)17/h7-10H,2-6,18H2,1H3,(H,19,20). The van der Waals surface area contributed by atoms with Gasteiger partial charge in [-0.2, -0.15) is 0 Å². The van der Waals surface area contributed by atoms with Crippen LogP contribution in [0.4, 0.5) is 14.5 Å². The maximum absolute atomic E-state index is 13.6. The predicted molar refractivity (Wildman–Crippen MR) is 75.9 cm³/mol. The molecule has 1 fully saturated rings. The van der Waals surface area contributed by atoms with Crippen LogP contribution in [0.15, 0.2) is 12.1 Å². The minimum Gasteiger partial charge on any atom is -0.478 e. The summed E-state index contributed by atoms with van der Waals surface area (Å²) in [5, 5.41) is 2.88. The molecule has 0 spiro atoms. The fourth-order valence-corrected chi connectivity index (χ4v) is 2.44. The van der Waals surface area contributed by atoms with E-state index in [1.165, 1.54) is 13.3 Å². The van der Waals surface area contributed by atoms with Crippen LogP contribution < -0.4 is 15.8 Å². The van der Waals surface area contributed by atoms with E-state index in [0.29, 0.717) is 0 Å². The molecule has 6 heteroatoms. The summed E-state index contributed by atoms with van der Waals surface area (Å²) in [6, 6.07) is 1.84.